The summed E-state index contributed by atoms with van der Waals surface area (Å²) in [6.45, 7) is 1.77. The van der Waals surface area contributed by atoms with Crippen molar-refractivity contribution in [1.82, 2.24) is 14.8 Å². The maximum atomic E-state index is 12.5. The summed E-state index contributed by atoms with van der Waals surface area (Å²) in [6.07, 6.45) is 4.71. The Labute approximate surface area is 178 Å². The Bertz CT molecular complexity index is 1240. The van der Waals surface area contributed by atoms with Crippen molar-refractivity contribution in [1.29, 1.82) is 0 Å². The number of fused-ring (bicyclic) bond motifs is 1. The first-order chi connectivity index (χ1) is 15.0. The van der Waals surface area contributed by atoms with Gasteiger partial charge in [-0.3, -0.25) is 9.78 Å². The molecule has 2 aromatic heterocycles. The molecule has 156 valence electrons. The van der Waals surface area contributed by atoms with Crippen molar-refractivity contribution in [3.63, 3.8) is 0 Å². The average molecular weight is 415 g/mol. The van der Waals surface area contributed by atoms with Gasteiger partial charge >= 0.3 is 5.97 Å². The molecule has 0 saturated heterocycles. The summed E-state index contributed by atoms with van der Waals surface area (Å²) in [6, 6.07) is 15.7. The van der Waals surface area contributed by atoms with Gasteiger partial charge in [-0.05, 0) is 55.0 Å². The van der Waals surface area contributed by atoms with Crippen LogP contribution in [0, 0.1) is 6.92 Å². The maximum Gasteiger partial charge on any atom is 0.339 e. The lowest BCUT2D eigenvalue weighted by atomic mass is 10.2. The molecule has 0 saturated carbocycles. The SMILES string of the molecule is Cc1cccc(-n2ncc3ccc(NC(=O)[C@@H](N)COC(=O)c4cccnc4)cc32)c1. The van der Waals surface area contributed by atoms with Gasteiger partial charge in [-0.25, -0.2) is 9.48 Å². The third-order valence-corrected chi connectivity index (χ3v) is 4.71. The number of amides is 1. The van der Waals surface area contributed by atoms with Gasteiger partial charge in [0.15, 0.2) is 0 Å². The Morgan fingerprint density at radius 2 is 2.00 bits per heavy atom. The molecule has 31 heavy (non-hydrogen) atoms. The first-order valence-corrected chi connectivity index (χ1v) is 9.70. The number of aromatic nitrogens is 3. The number of aryl methyl sites for hydroxylation is 1. The van der Waals surface area contributed by atoms with Crippen molar-refractivity contribution in [2.24, 2.45) is 5.73 Å². The first-order valence-electron chi connectivity index (χ1n) is 9.70. The Morgan fingerprint density at radius 1 is 1.13 bits per heavy atom. The molecule has 0 unspecified atom stereocenters. The molecule has 0 bridgehead atoms. The number of hydrogen-bond donors (Lipinski definition) is 2. The fraction of sp³-hybridized carbons (Fsp3) is 0.130. The predicted molar refractivity (Wildman–Crippen MR) is 117 cm³/mol. The van der Waals surface area contributed by atoms with Gasteiger partial charge in [-0.15, -0.1) is 0 Å². The summed E-state index contributed by atoms with van der Waals surface area (Å²) >= 11 is 0. The zero-order chi connectivity index (χ0) is 21.8. The lowest BCUT2D eigenvalue weighted by molar-refractivity contribution is -0.118. The van der Waals surface area contributed by atoms with Gasteiger partial charge in [-0.2, -0.15) is 5.10 Å². The molecule has 3 N–H and O–H groups in total. The third kappa shape index (κ3) is 4.59. The number of carbonyl (C=O) groups excluding carboxylic acids is 2. The summed E-state index contributed by atoms with van der Waals surface area (Å²) in [5.41, 5.74) is 9.66. The Morgan fingerprint density at radius 3 is 2.77 bits per heavy atom. The molecule has 1 atom stereocenters. The van der Waals surface area contributed by atoms with Crippen LogP contribution in [0.3, 0.4) is 0 Å². The highest BCUT2D eigenvalue weighted by Gasteiger charge is 2.17. The lowest BCUT2D eigenvalue weighted by Gasteiger charge is -2.13. The van der Waals surface area contributed by atoms with E-state index in [2.05, 4.69) is 15.4 Å². The van der Waals surface area contributed by atoms with Crippen molar-refractivity contribution in [2.75, 3.05) is 11.9 Å². The van der Waals surface area contributed by atoms with Gasteiger partial charge < -0.3 is 15.8 Å². The molecule has 0 aliphatic rings. The number of hydrogen-bond acceptors (Lipinski definition) is 6. The van der Waals surface area contributed by atoms with Crippen molar-refractivity contribution < 1.29 is 14.3 Å². The maximum absolute atomic E-state index is 12.5. The van der Waals surface area contributed by atoms with Gasteiger partial charge in [0.05, 0.1) is 23.0 Å². The first kappa shape index (κ1) is 20.2. The van der Waals surface area contributed by atoms with Crippen molar-refractivity contribution in [3.05, 3.63) is 84.3 Å². The van der Waals surface area contributed by atoms with Gasteiger partial charge in [0, 0.05) is 23.5 Å². The summed E-state index contributed by atoms with van der Waals surface area (Å²) in [5.74, 6) is -1.04. The molecule has 2 aromatic carbocycles. The molecule has 4 aromatic rings. The number of anilines is 1. The molecular formula is C23H21N5O3. The molecule has 8 nitrogen and oxygen atoms in total. The fourth-order valence-electron chi connectivity index (χ4n) is 3.10. The monoisotopic (exact) mass is 415 g/mol. The number of nitrogens with zero attached hydrogens (tertiary/aromatic N) is 3. The minimum Gasteiger partial charge on any atom is -0.460 e. The van der Waals surface area contributed by atoms with Crippen LogP contribution in [0.2, 0.25) is 0 Å². The van der Waals surface area contributed by atoms with Gasteiger partial charge in [0.25, 0.3) is 0 Å². The second kappa shape index (κ2) is 8.76. The summed E-state index contributed by atoms with van der Waals surface area (Å²) < 4.78 is 6.93. The second-order valence-electron chi connectivity index (χ2n) is 7.10. The van der Waals surface area contributed by atoms with Crippen molar-refractivity contribution in [2.45, 2.75) is 13.0 Å². The molecule has 0 aliphatic carbocycles. The molecule has 0 spiro atoms. The number of esters is 1. The number of pyridine rings is 1. The van der Waals surface area contributed by atoms with Crippen LogP contribution in [-0.4, -0.2) is 39.3 Å². The van der Waals surface area contributed by atoms with Crippen LogP contribution in [0.15, 0.2) is 73.2 Å². The van der Waals surface area contributed by atoms with E-state index in [1.54, 1.807) is 30.6 Å². The number of rotatable bonds is 6. The van der Waals surface area contributed by atoms with E-state index in [1.165, 1.54) is 6.20 Å². The zero-order valence-corrected chi connectivity index (χ0v) is 16.9. The average Bonchev–Trinajstić information content (AvgIpc) is 3.21. The molecule has 1 amide bonds. The smallest absolute Gasteiger partial charge is 0.339 e. The van der Waals surface area contributed by atoms with E-state index in [0.29, 0.717) is 11.3 Å². The minimum atomic E-state index is -1.02. The number of carbonyl (C=O) groups is 2. The summed E-state index contributed by atoms with van der Waals surface area (Å²) in [5, 5.41) is 8.16. The predicted octanol–water partition coefficient (Wildman–Crippen LogP) is 2.85. The van der Waals surface area contributed by atoms with E-state index in [0.717, 1.165) is 22.2 Å². The topological polar surface area (TPSA) is 112 Å². The lowest BCUT2D eigenvalue weighted by Crippen LogP contribution is -2.40. The fourth-order valence-corrected chi connectivity index (χ4v) is 3.10. The second-order valence-corrected chi connectivity index (χ2v) is 7.10. The van der Waals surface area contributed by atoms with Gasteiger partial charge in [-0.1, -0.05) is 12.1 Å². The van der Waals surface area contributed by atoms with Crippen LogP contribution < -0.4 is 11.1 Å². The highest BCUT2D eigenvalue weighted by Crippen LogP contribution is 2.22. The van der Waals surface area contributed by atoms with E-state index in [9.17, 15) is 9.59 Å². The molecule has 2 heterocycles. The number of ether oxygens (including phenoxy) is 1. The normalized spacial score (nSPS) is 11.8. The quantitative estimate of drug-likeness (QED) is 0.468. The minimum absolute atomic E-state index is 0.247. The standard InChI is InChI=1S/C23H21N5O3/c1-15-4-2-6-19(10-15)28-21-11-18(8-7-16(21)13-26-28)27-22(29)20(24)14-31-23(30)17-5-3-9-25-12-17/h2-13,20H,14,24H2,1H3,(H,27,29)/t20-/m0/s1. The van der Waals surface area contributed by atoms with Gasteiger partial charge in [0.1, 0.15) is 12.6 Å². The van der Waals surface area contributed by atoms with E-state index in [4.69, 9.17) is 10.5 Å². The van der Waals surface area contributed by atoms with Crippen molar-refractivity contribution in [3.8, 4) is 5.69 Å². The molecule has 0 fully saturated rings. The van der Waals surface area contributed by atoms with Crippen molar-refractivity contribution >= 4 is 28.5 Å². The largest absolute Gasteiger partial charge is 0.460 e. The summed E-state index contributed by atoms with van der Waals surface area (Å²) in [7, 11) is 0. The molecule has 4 rings (SSSR count). The van der Waals surface area contributed by atoms with Crippen LogP contribution in [0.1, 0.15) is 15.9 Å². The van der Waals surface area contributed by atoms with Gasteiger partial charge in [0.2, 0.25) is 5.91 Å². The molecular weight excluding hydrogens is 394 g/mol. The van der Waals surface area contributed by atoms with E-state index in [-0.39, 0.29) is 6.61 Å². The molecule has 8 heteroatoms. The van der Waals surface area contributed by atoms with E-state index < -0.39 is 17.9 Å². The Kier molecular flexibility index (Phi) is 5.72. The van der Waals surface area contributed by atoms with Crippen LogP contribution in [0.25, 0.3) is 16.6 Å². The zero-order valence-electron chi connectivity index (χ0n) is 16.9. The highest BCUT2D eigenvalue weighted by molar-refractivity contribution is 5.97. The third-order valence-electron chi connectivity index (χ3n) is 4.71. The number of nitrogens with one attached hydrogen (secondary N) is 1. The van der Waals surface area contributed by atoms with E-state index in [1.807, 2.05) is 48.0 Å². The Hall–Kier alpha value is -4.04. The van der Waals surface area contributed by atoms with E-state index >= 15 is 0 Å². The highest BCUT2D eigenvalue weighted by atomic mass is 16.5. The number of nitrogens with two attached hydrogens (primary N) is 1. The number of benzene rings is 2. The van der Waals surface area contributed by atoms with Crippen LogP contribution >= 0.6 is 0 Å². The van der Waals surface area contributed by atoms with Crippen LogP contribution in [0.5, 0.6) is 0 Å². The molecule has 0 radical (unpaired) electrons. The molecule has 0 aliphatic heterocycles. The summed E-state index contributed by atoms with van der Waals surface area (Å²) in [4.78, 5) is 28.3. The van der Waals surface area contributed by atoms with Crippen LogP contribution in [-0.2, 0) is 9.53 Å². The Balaban J connectivity index is 1.44. The van der Waals surface area contributed by atoms with Crippen LogP contribution in [0.4, 0.5) is 5.69 Å².